The van der Waals surface area contributed by atoms with Crippen molar-refractivity contribution in [2.75, 3.05) is 12.0 Å². The van der Waals surface area contributed by atoms with Gasteiger partial charge in [-0.3, -0.25) is 9.78 Å². The standard InChI is InChI=1S/C17H20N4O3/c1-4-23-14-7-12-6-11(3)24-15(12)8-13(14)9-18-21-17-19-10(2)5-16(22)20-17/h5,7-9,11H,4,6H2,1-3H3,(H2,19,20,21,22)/b18-9-/t11-/m1/s1. The normalized spacial score (nSPS) is 16.0. The second-order valence-electron chi connectivity index (χ2n) is 5.67. The summed E-state index contributed by atoms with van der Waals surface area (Å²) in [4.78, 5) is 18.1. The van der Waals surface area contributed by atoms with E-state index < -0.39 is 0 Å². The number of hydrogen-bond donors (Lipinski definition) is 2. The van der Waals surface area contributed by atoms with E-state index in [-0.39, 0.29) is 11.7 Å². The number of aromatic nitrogens is 2. The van der Waals surface area contributed by atoms with Crippen molar-refractivity contribution in [2.45, 2.75) is 33.3 Å². The van der Waals surface area contributed by atoms with E-state index in [1.807, 2.05) is 26.0 Å². The van der Waals surface area contributed by atoms with Crippen LogP contribution in [0.5, 0.6) is 11.5 Å². The highest BCUT2D eigenvalue weighted by molar-refractivity contribution is 5.85. The number of ether oxygens (including phenoxy) is 2. The van der Waals surface area contributed by atoms with Crippen LogP contribution in [0.2, 0.25) is 0 Å². The maximum Gasteiger partial charge on any atom is 0.252 e. The summed E-state index contributed by atoms with van der Waals surface area (Å²) in [7, 11) is 0. The molecule has 1 aromatic carbocycles. The SMILES string of the molecule is CCOc1cc2c(cc1/C=N\Nc1nc(C)cc(=O)[nH]1)O[C@H](C)C2. The topological polar surface area (TPSA) is 88.6 Å². The number of hydrogen-bond acceptors (Lipinski definition) is 6. The Hall–Kier alpha value is -2.83. The number of aromatic amines is 1. The molecule has 1 aromatic heterocycles. The van der Waals surface area contributed by atoms with Crippen LogP contribution in [0.25, 0.3) is 0 Å². The van der Waals surface area contributed by atoms with Crippen molar-refractivity contribution < 1.29 is 9.47 Å². The van der Waals surface area contributed by atoms with E-state index in [2.05, 4.69) is 20.5 Å². The van der Waals surface area contributed by atoms with Crippen LogP contribution >= 0.6 is 0 Å². The van der Waals surface area contributed by atoms with Crippen molar-refractivity contribution in [1.29, 1.82) is 0 Å². The number of anilines is 1. The summed E-state index contributed by atoms with van der Waals surface area (Å²) in [5.41, 5.74) is 5.06. The van der Waals surface area contributed by atoms with E-state index in [1.165, 1.54) is 6.07 Å². The lowest BCUT2D eigenvalue weighted by Gasteiger charge is -2.09. The number of aryl methyl sites for hydroxylation is 1. The van der Waals surface area contributed by atoms with Crippen molar-refractivity contribution in [2.24, 2.45) is 5.10 Å². The van der Waals surface area contributed by atoms with Gasteiger partial charge in [0, 0.05) is 29.3 Å². The van der Waals surface area contributed by atoms with E-state index in [0.717, 1.165) is 29.0 Å². The summed E-state index contributed by atoms with van der Waals surface area (Å²) >= 11 is 0. The molecule has 0 saturated heterocycles. The van der Waals surface area contributed by atoms with Gasteiger partial charge in [-0.15, -0.1) is 0 Å². The van der Waals surface area contributed by atoms with Crippen molar-refractivity contribution in [3.05, 3.63) is 45.4 Å². The van der Waals surface area contributed by atoms with Gasteiger partial charge in [0.05, 0.1) is 12.8 Å². The molecule has 0 unspecified atom stereocenters. The smallest absolute Gasteiger partial charge is 0.252 e. The molecule has 0 spiro atoms. The second kappa shape index (κ2) is 6.74. The summed E-state index contributed by atoms with van der Waals surface area (Å²) in [5, 5.41) is 4.14. The lowest BCUT2D eigenvalue weighted by atomic mass is 10.1. The molecule has 0 bridgehead atoms. The van der Waals surface area contributed by atoms with Crippen LogP contribution in [0.1, 0.15) is 30.7 Å². The molecule has 0 aliphatic carbocycles. The zero-order chi connectivity index (χ0) is 17.1. The highest BCUT2D eigenvalue weighted by Crippen LogP contribution is 2.34. The molecule has 7 heteroatoms. The Labute approximate surface area is 139 Å². The molecule has 0 radical (unpaired) electrons. The van der Waals surface area contributed by atoms with Crippen LogP contribution in [0.4, 0.5) is 5.95 Å². The summed E-state index contributed by atoms with van der Waals surface area (Å²) in [6.07, 6.45) is 2.67. The van der Waals surface area contributed by atoms with Crippen LogP contribution in [0.3, 0.4) is 0 Å². The molecule has 0 saturated carbocycles. The first-order chi connectivity index (χ1) is 11.5. The van der Waals surface area contributed by atoms with Crippen molar-refractivity contribution in [3.63, 3.8) is 0 Å². The predicted octanol–water partition coefficient (Wildman–Crippen LogP) is 2.25. The zero-order valence-corrected chi connectivity index (χ0v) is 13.9. The molecular weight excluding hydrogens is 308 g/mol. The van der Waals surface area contributed by atoms with Crippen LogP contribution in [0.15, 0.2) is 28.1 Å². The molecule has 2 heterocycles. The third kappa shape index (κ3) is 3.56. The summed E-state index contributed by atoms with van der Waals surface area (Å²) in [6, 6.07) is 5.33. The molecule has 1 atom stereocenters. The first kappa shape index (κ1) is 16.0. The van der Waals surface area contributed by atoms with Crippen molar-refractivity contribution >= 4 is 12.2 Å². The zero-order valence-electron chi connectivity index (χ0n) is 13.9. The van der Waals surface area contributed by atoms with Gasteiger partial charge >= 0.3 is 0 Å². The van der Waals surface area contributed by atoms with Gasteiger partial charge in [-0.2, -0.15) is 5.10 Å². The molecule has 3 rings (SSSR count). The predicted molar refractivity (Wildman–Crippen MR) is 92.2 cm³/mol. The Kier molecular flexibility index (Phi) is 4.50. The van der Waals surface area contributed by atoms with Gasteiger partial charge in [0.25, 0.3) is 5.56 Å². The number of hydrazone groups is 1. The Morgan fingerprint density at radius 3 is 3.08 bits per heavy atom. The average Bonchev–Trinajstić information content (AvgIpc) is 2.85. The molecule has 0 fully saturated rings. The lowest BCUT2D eigenvalue weighted by molar-refractivity contribution is 0.254. The number of benzene rings is 1. The van der Waals surface area contributed by atoms with E-state index in [1.54, 1.807) is 13.1 Å². The third-order valence-electron chi connectivity index (χ3n) is 3.57. The molecule has 2 aromatic rings. The number of H-pyrrole nitrogens is 1. The molecule has 126 valence electrons. The molecule has 1 aliphatic heterocycles. The molecular formula is C17H20N4O3. The Bertz CT molecular complexity index is 829. The Morgan fingerprint density at radius 1 is 1.50 bits per heavy atom. The van der Waals surface area contributed by atoms with Gasteiger partial charge in [-0.1, -0.05) is 0 Å². The Balaban J connectivity index is 1.83. The number of fused-ring (bicyclic) bond motifs is 1. The quantitative estimate of drug-likeness (QED) is 0.649. The van der Waals surface area contributed by atoms with Crippen molar-refractivity contribution in [1.82, 2.24) is 9.97 Å². The first-order valence-corrected chi connectivity index (χ1v) is 7.88. The second-order valence-corrected chi connectivity index (χ2v) is 5.67. The van der Waals surface area contributed by atoms with E-state index in [0.29, 0.717) is 18.2 Å². The summed E-state index contributed by atoms with van der Waals surface area (Å²) < 4.78 is 11.5. The lowest BCUT2D eigenvalue weighted by Crippen LogP contribution is -2.10. The third-order valence-corrected chi connectivity index (χ3v) is 3.57. The maximum absolute atomic E-state index is 11.4. The molecule has 1 aliphatic rings. The first-order valence-electron chi connectivity index (χ1n) is 7.88. The fourth-order valence-electron chi connectivity index (χ4n) is 2.63. The molecule has 24 heavy (non-hydrogen) atoms. The highest BCUT2D eigenvalue weighted by Gasteiger charge is 2.21. The van der Waals surface area contributed by atoms with Crippen LogP contribution in [-0.2, 0) is 6.42 Å². The number of nitrogens with zero attached hydrogens (tertiary/aromatic N) is 2. The molecule has 0 amide bonds. The van der Waals surface area contributed by atoms with E-state index in [9.17, 15) is 4.79 Å². The fourth-order valence-corrected chi connectivity index (χ4v) is 2.63. The van der Waals surface area contributed by atoms with Crippen LogP contribution < -0.4 is 20.5 Å². The maximum atomic E-state index is 11.4. The van der Waals surface area contributed by atoms with Crippen LogP contribution in [-0.4, -0.2) is 28.9 Å². The van der Waals surface area contributed by atoms with Crippen molar-refractivity contribution in [3.8, 4) is 11.5 Å². The number of nitrogens with one attached hydrogen (secondary N) is 2. The molecule has 7 nitrogen and oxygen atoms in total. The van der Waals surface area contributed by atoms with Gasteiger partial charge in [0.2, 0.25) is 5.95 Å². The van der Waals surface area contributed by atoms with Gasteiger partial charge in [-0.05, 0) is 32.9 Å². The van der Waals surface area contributed by atoms with E-state index >= 15 is 0 Å². The fraction of sp³-hybridized carbons (Fsp3) is 0.353. The van der Waals surface area contributed by atoms with Gasteiger partial charge in [0.1, 0.15) is 17.6 Å². The van der Waals surface area contributed by atoms with Crippen LogP contribution in [0, 0.1) is 6.92 Å². The average molecular weight is 328 g/mol. The minimum Gasteiger partial charge on any atom is -0.493 e. The minimum atomic E-state index is -0.227. The largest absolute Gasteiger partial charge is 0.493 e. The summed E-state index contributed by atoms with van der Waals surface area (Å²) in [6.45, 7) is 6.29. The molecule has 2 N–H and O–H groups in total. The van der Waals surface area contributed by atoms with Gasteiger partial charge in [0.15, 0.2) is 0 Å². The Morgan fingerprint density at radius 2 is 2.33 bits per heavy atom. The number of rotatable bonds is 5. The van der Waals surface area contributed by atoms with Gasteiger partial charge in [-0.25, -0.2) is 10.4 Å². The van der Waals surface area contributed by atoms with Gasteiger partial charge < -0.3 is 9.47 Å². The highest BCUT2D eigenvalue weighted by atomic mass is 16.5. The summed E-state index contributed by atoms with van der Waals surface area (Å²) in [5.74, 6) is 1.90. The monoisotopic (exact) mass is 328 g/mol. The van der Waals surface area contributed by atoms with E-state index in [4.69, 9.17) is 9.47 Å². The minimum absolute atomic E-state index is 0.168.